The highest BCUT2D eigenvalue weighted by Crippen LogP contribution is 2.18. The Morgan fingerprint density at radius 3 is 2.67 bits per heavy atom. The molecule has 100 valence electrons. The molecular weight excluding hydrogens is 228 g/mol. The van der Waals surface area contributed by atoms with Crippen molar-refractivity contribution < 1.29 is 14.3 Å². The summed E-state index contributed by atoms with van der Waals surface area (Å²) >= 11 is 0. The Morgan fingerprint density at radius 1 is 1.17 bits per heavy atom. The number of Topliss-reactive ketones (excluding diaryl/α,β-unsaturated/α-hetero) is 1. The lowest BCUT2D eigenvalue weighted by Crippen LogP contribution is -2.11. The summed E-state index contributed by atoms with van der Waals surface area (Å²) in [6.45, 7) is 5.39. The van der Waals surface area contributed by atoms with E-state index in [4.69, 9.17) is 9.47 Å². The molecule has 0 spiro atoms. The molecule has 0 saturated carbocycles. The molecule has 0 aliphatic heterocycles. The van der Waals surface area contributed by atoms with Crippen molar-refractivity contribution in [2.24, 2.45) is 0 Å². The molecule has 0 amide bonds. The number of hydrogen-bond donors (Lipinski definition) is 0. The van der Waals surface area contributed by atoms with E-state index in [9.17, 15) is 4.79 Å². The quantitative estimate of drug-likeness (QED) is 0.497. The molecule has 1 rings (SSSR count). The van der Waals surface area contributed by atoms with Crippen LogP contribution in [-0.2, 0) is 4.74 Å². The molecule has 0 heterocycles. The summed E-state index contributed by atoms with van der Waals surface area (Å²) in [4.78, 5) is 12.0. The largest absolute Gasteiger partial charge is 0.493 e. The molecule has 0 saturated heterocycles. The minimum absolute atomic E-state index is 0.0180. The van der Waals surface area contributed by atoms with Crippen LogP contribution in [0.15, 0.2) is 24.3 Å². The summed E-state index contributed by atoms with van der Waals surface area (Å²) in [6.07, 6.45) is 3.31. The first-order chi connectivity index (χ1) is 8.79. The summed E-state index contributed by atoms with van der Waals surface area (Å²) in [5, 5.41) is 0. The zero-order valence-corrected chi connectivity index (χ0v) is 11.3. The lowest BCUT2D eigenvalue weighted by molar-refractivity contribution is 0.0749. The van der Waals surface area contributed by atoms with Crippen molar-refractivity contribution in [3.63, 3.8) is 0 Å². The van der Waals surface area contributed by atoms with Crippen molar-refractivity contribution in [3.8, 4) is 5.75 Å². The van der Waals surface area contributed by atoms with Gasteiger partial charge in [-0.3, -0.25) is 4.79 Å². The maximum atomic E-state index is 12.0. The predicted octanol–water partition coefficient (Wildman–Crippen LogP) is 3.47. The molecule has 1 aromatic carbocycles. The Kier molecular flexibility index (Phi) is 7.11. The molecule has 0 N–H and O–H groups in total. The average Bonchev–Trinajstić information content (AvgIpc) is 2.39. The van der Waals surface area contributed by atoms with Crippen LogP contribution in [-0.4, -0.2) is 25.6 Å². The van der Waals surface area contributed by atoms with Gasteiger partial charge in [-0.25, -0.2) is 0 Å². The van der Waals surface area contributed by atoms with Gasteiger partial charge in [-0.1, -0.05) is 31.9 Å². The molecule has 0 unspecified atom stereocenters. The number of carbonyl (C=O) groups is 1. The van der Waals surface area contributed by atoms with Gasteiger partial charge in [-0.2, -0.15) is 0 Å². The van der Waals surface area contributed by atoms with Crippen LogP contribution in [0.2, 0.25) is 0 Å². The number of rotatable bonds is 9. The summed E-state index contributed by atoms with van der Waals surface area (Å²) < 4.78 is 10.8. The first kappa shape index (κ1) is 14.7. The maximum Gasteiger partial charge on any atom is 0.192 e. The van der Waals surface area contributed by atoms with Crippen molar-refractivity contribution in [3.05, 3.63) is 29.8 Å². The summed E-state index contributed by atoms with van der Waals surface area (Å²) in [7, 11) is 0. The Bertz CT molecular complexity index is 361. The molecule has 0 fully saturated rings. The van der Waals surface area contributed by atoms with E-state index < -0.39 is 0 Å². The first-order valence-electron chi connectivity index (χ1n) is 6.62. The number of ketones is 1. The highest BCUT2D eigenvalue weighted by molar-refractivity contribution is 5.99. The van der Waals surface area contributed by atoms with E-state index in [1.807, 2.05) is 25.1 Å². The van der Waals surface area contributed by atoms with Crippen LogP contribution in [0.1, 0.15) is 43.5 Å². The molecule has 3 nitrogen and oxygen atoms in total. The lowest BCUT2D eigenvalue weighted by Gasteiger charge is -2.09. The van der Waals surface area contributed by atoms with Crippen LogP contribution in [0.5, 0.6) is 5.75 Å². The topological polar surface area (TPSA) is 35.5 Å². The number of benzene rings is 1. The fraction of sp³-hybridized carbons (Fsp3) is 0.533. The zero-order chi connectivity index (χ0) is 13.2. The average molecular weight is 250 g/mol. The van der Waals surface area contributed by atoms with Gasteiger partial charge >= 0.3 is 0 Å². The molecule has 0 radical (unpaired) electrons. The highest BCUT2D eigenvalue weighted by Gasteiger charge is 2.11. The third kappa shape index (κ3) is 4.88. The monoisotopic (exact) mass is 250 g/mol. The van der Waals surface area contributed by atoms with Gasteiger partial charge in [0.2, 0.25) is 0 Å². The molecule has 3 heteroatoms. The van der Waals surface area contributed by atoms with Crippen LogP contribution >= 0.6 is 0 Å². The van der Waals surface area contributed by atoms with Crippen molar-refractivity contribution in [2.45, 2.75) is 33.1 Å². The highest BCUT2D eigenvalue weighted by atomic mass is 16.5. The SMILES string of the molecule is CCCCCOCC(=O)c1ccccc1OCC. The van der Waals surface area contributed by atoms with Crippen LogP contribution in [0.25, 0.3) is 0 Å². The smallest absolute Gasteiger partial charge is 0.192 e. The fourth-order valence-electron chi connectivity index (χ4n) is 1.68. The number of ether oxygens (including phenoxy) is 2. The van der Waals surface area contributed by atoms with Crippen LogP contribution in [0.3, 0.4) is 0 Å². The fourth-order valence-corrected chi connectivity index (χ4v) is 1.68. The summed E-state index contributed by atoms with van der Waals surface area (Å²) in [5.41, 5.74) is 0.606. The van der Waals surface area contributed by atoms with Gasteiger partial charge in [0.1, 0.15) is 12.4 Å². The van der Waals surface area contributed by atoms with E-state index in [0.29, 0.717) is 24.5 Å². The number of unbranched alkanes of at least 4 members (excludes halogenated alkanes) is 2. The molecule has 1 aromatic rings. The summed E-state index contributed by atoms with van der Waals surface area (Å²) in [6, 6.07) is 7.30. The normalized spacial score (nSPS) is 10.3. The number of para-hydroxylation sites is 1. The van der Waals surface area contributed by atoms with Crippen molar-refractivity contribution in [2.75, 3.05) is 19.8 Å². The first-order valence-corrected chi connectivity index (χ1v) is 6.62. The third-order valence-corrected chi connectivity index (χ3v) is 2.61. The predicted molar refractivity (Wildman–Crippen MR) is 72.3 cm³/mol. The van der Waals surface area contributed by atoms with Gasteiger partial charge < -0.3 is 9.47 Å². The Labute approximate surface area is 109 Å². The minimum Gasteiger partial charge on any atom is -0.493 e. The van der Waals surface area contributed by atoms with Crippen molar-refractivity contribution >= 4 is 5.78 Å². The molecule has 0 atom stereocenters. The van der Waals surface area contributed by atoms with Gasteiger partial charge in [0.25, 0.3) is 0 Å². The van der Waals surface area contributed by atoms with E-state index in [1.54, 1.807) is 6.07 Å². The van der Waals surface area contributed by atoms with E-state index >= 15 is 0 Å². The number of carbonyl (C=O) groups excluding carboxylic acids is 1. The Hall–Kier alpha value is -1.35. The van der Waals surface area contributed by atoms with E-state index in [0.717, 1.165) is 19.3 Å². The van der Waals surface area contributed by atoms with Gasteiger partial charge in [0.15, 0.2) is 5.78 Å². The Balaban J connectivity index is 2.45. The van der Waals surface area contributed by atoms with Gasteiger partial charge in [-0.15, -0.1) is 0 Å². The van der Waals surface area contributed by atoms with E-state index in [-0.39, 0.29) is 12.4 Å². The molecule has 0 bridgehead atoms. The van der Waals surface area contributed by atoms with Crippen LogP contribution in [0, 0.1) is 0 Å². The second-order valence-electron chi connectivity index (χ2n) is 4.11. The van der Waals surface area contributed by atoms with Crippen LogP contribution < -0.4 is 4.74 Å². The van der Waals surface area contributed by atoms with Crippen molar-refractivity contribution in [1.29, 1.82) is 0 Å². The van der Waals surface area contributed by atoms with Gasteiger partial charge in [0.05, 0.1) is 12.2 Å². The second-order valence-corrected chi connectivity index (χ2v) is 4.11. The zero-order valence-electron chi connectivity index (χ0n) is 11.3. The number of hydrogen-bond acceptors (Lipinski definition) is 3. The lowest BCUT2D eigenvalue weighted by atomic mass is 10.1. The third-order valence-electron chi connectivity index (χ3n) is 2.61. The molecule has 18 heavy (non-hydrogen) atoms. The Morgan fingerprint density at radius 2 is 1.94 bits per heavy atom. The summed E-state index contributed by atoms with van der Waals surface area (Å²) in [5.74, 6) is 0.623. The van der Waals surface area contributed by atoms with Gasteiger partial charge in [-0.05, 0) is 25.5 Å². The standard InChI is InChI=1S/C15H22O3/c1-3-5-8-11-17-12-14(16)13-9-6-7-10-15(13)18-4-2/h6-7,9-10H,3-5,8,11-12H2,1-2H3. The van der Waals surface area contributed by atoms with Crippen LogP contribution in [0.4, 0.5) is 0 Å². The van der Waals surface area contributed by atoms with E-state index in [2.05, 4.69) is 6.92 Å². The second kappa shape index (κ2) is 8.70. The van der Waals surface area contributed by atoms with E-state index in [1.165, 1.54) is 0 Å². The molecule has 0 aliphatic carbocycles. The van der Waals surface area contributed by atoms with Crippen molar-refractivity contribution in [1.82, 2.24) is 0 Å². The molecule has 0 aromatic heterocycles. The minimum atomic E-state index is -0.0180. The maximum absolute atomic E-state index is 12.0. The van der Waals surface area contributed by atoms with Gasteiger partial charge in [0, 0.05) is 6.61 Å². The molecular formula is C15H22O3. The molecule has 0 aliphatic rings.